The highest BCUT2D eigenvalue weighted by atomic mass is 19.1. The van der Waals surface area contributed by atoms with Crippen LogP contribution in [0.1, 0.15) is 49.8 Å². The van der Waals surface area contributed by atoms with Gasteiger partial charge in [0.05, 0.1) is 36.7 Å². The van der Waals surface area contributed by atoms with Crippen molar-refractivity contribution in [3.05, 3.63) is 47.2 Å². The van der Waals surface area contributed by atoms with Gasteiger partial charge in [-0.3, -0.25) is 4.79 Å². The summed E-state index contributed by atoms with van der Waals surface area (Å²) in [4.78, 5) is 12.7. The monoisotopic (exact) mass is 445 g/mol. The van der Waals surface area contributed by atoms with Gasteiger partial charge in [0, 0.05) is 0 Å². The Bertz CT molecular complexity index is 1040. The molecule has 2 aromatic rings. The molecule has 2 N–H and O–H groups in total. The van der Waals surface area contributed by atoms with Gasteiger partial charge >= 0.3 is 0 Å². The van der Waals surface area contributed by atoms with Crippen LogP contribution in [0.5, 0.6) is 0 Å². The van der Waals surface area contributed by atoms with Gasteiger partial charge in [-0.25, -0.2) is 8.78 Å². The molecular formula is C23H25F2N3O4. The van der Waals surface area contributed by atoms with Gasteiger partial charge in [-0.2, -0.15) is 5.10 Å². The van der Waals surface area contributed by atoms with E-state index in [4.69, 9.17) is 9.47 Å². The van der Waals surface area contributed by atoms with Gasteiger partial charge in [-0.05, 0) is 55.4 Å². The molecule has 1 saturated carbocycles. The van der Waals surface area contributed by atoms with Crippen LogP contribution < -0.4 is 5.32 Å². The van der Waals surface area contributed by atoms with Crippen LogP contribution in [0.25, 0.3) is 11.3 Å². The number of carbonyl (C=O) groups is 1. The first-order valence-corrected chi connectivity index (χ1v) is 10.9. The first-order valence-electron chi connectivity index (χ1n) is 10.9. The fraction of sp³-hybridized carbons (Fsp3) is 0.522. The molecule has 1 saturated heterocycles. The Hall–Kier alpha value is -2.49. The number of rotatable bonds is 7. The van der Waals surface area contributed by atoms with Crippen LogP contribution in [-0.2, 0) is 19.9 Å². The number of hydrogen-bond donors (Lipinski definition) is 2. The standard InChI is InChI=1S/C23H25F2N3O4/c1-2-18(21(29)26-10-22(30)11-31-12-22)32-23-7-6-13(9-23)14-8-17(27-28-20(14)23)19-15(24)4-3-5-16(19)25/h3-5,8,13,18,30H,2,6-7,9-12H2,1H3,(H,26,29)/t13-,18-,23-/m1/s1. The van der Waals surface area contributed by atoms with Crippen LogP contribution in [0.2, 0.25) is 0 Å². The summed E-state index contributed by atoms with van der Waals surface area (Å²) in [5.74, 6) is -1.52. The highest BCUT2D eigenvalue weighted by molar-refractivity contribution is 5.81. The molecule has 3 aliphatic rings. The fourth-order valence-electron chi connectivity index (χ4n) is 4.99. The number of aromatic nitrogens is 2. The van der Waals surface area contributed by atoms with E-state index in [0.29, 0.717) is 25.0 Å². The summed E-state index contributed by atoms with van der Waals surface area (Å²) >= 11 is 0. The van der Waals surface area contributed by atoms with Crippen LogP contribution in [-0.4, -0.2) is 52.7 Å². The van der Waals surface area contributed by atoms with Crippen molar-refractivity contribution < 1.29 is 28.2 Å². The molecule has 2 heterocycles. The van der Waals surface area contributed by atoms with Gasteiger partial charge in [-0.1, -0.05) is 13.0 Å². The number of halogens is 2. The molecule has 9 heteroatoms. The molecule has 2 fully saturated rings. The molecule has 1 aromatic heterocycles. The zero-order valence-corrected chi connectivity index (χ0v) is 17.7. The third-order valence-corrected chi connectivity index (χ3v) is 6.75. The summed E-state index contributed by atoms with van der Waals surface area (Å²) < 4.78 is 39.8. The summed E-state index contributed by atoms with van der Waals surface area (Å²) in [5.41, 5.74) is -0.277. The minimum atomic E-state index is -1.02. The molecule has 5 rings (SSSR count). The van der Waals surface area contributed by atoms with E-state index in [1.807, 2.05) is 6.92 Å². The molecule has 32 heavy (non-hydrogen) atoms. The summed E-state index contributed by atoms with van der Waals surface area (Å²) in [6.45, 7) is 2.37. The lowest BCUT2D eigenvalue weighted by Gasteiger charge is -2.37. The third-order valence-electron chi connectivity index (χ3n) is 6.75. The summed E-state index contributed by atoms with van der Waals surface area (Å²) in [6, 6.07) is 5.40. The van der Waals surface area contributed by atoms with Crippen molar-refractivity contribution in [2.75, 3.05) is 19.8 Å². The van der Waals surface area contributed by atoms with Gasteiger partial charge in [-0.15, -0.1) is 5.10 Å². The summed E-state index contributed by atoms with van der Waals surface area (Å²) in [6.07, 6.45) is 1.94. The molecule has 2 aliphatic carbocycles. The lowest BCUT2D eigenvalue weighted by Crippen LogP contribution is -2.58. The second-order valence-corrected chi connectivity index (χ2v) is 9.01. The van der Waals surface area contributed by atoms with Crippen LogP contribution in [0.3, 0.4) is 0 Å². The van der Waals surface area contributed by atoms with Crippen molar-refractivity contribution in [1.29, 1.82) is 0 Å². The van der Waals surface area contributed by atoms with Crippen molar-refractivity contribution in [2.45, 2.75) is 55.8 Å². The van der Waals surface area contributed by atoms with E-state index in [9.17, 15) is 18.7 Å². The van der Waals surface area contributed by atoms with Crippen molar-refractivity contribution in [1.82, 2.24) is 15.5 Å². The summed E-state index contributed by atoms with van der Waals surface area (Å²) in [5, 5.41) is 21.3. The predicted octanol–water partition coefficient (Wildman–Crippen LogP) is 2.57. The third kappa shape index (κ3) is 3.48. The van der Waals surface area contributed by atoms with Gasteiger partial charge in [0.25, 0.3) is 0 Å². The number of ether oxygens (including phenoxy) is 2. The number of aliphatic hydroxyl groups is 1. The second-order valence-electron chi connectivity index (χ2n) is 9.01. The Kier molecular flexibility index (Phi) is 5.22. The second kappa shape index (κ2) is 7.83. The normalized spacial score (nSPS) is 25.8. The van der Waals surface area contributed by atoms with E-state index in [-0.39, 0.29) is 42.8 Å². The smallest absolute Gasteiger partial charge is 0.249 e. The molecule has 2 bridgehead atoms. The van der Waals surface area contributed by atoms with Crippen LogP contribution in [0.4, 0.5) is 8.78 Å². The number of fused-ring (bicyclic) bond motifs is 5. The maximum atomic E-state index is 14.2. The first-order chi connectivity index (χ1) is 15.3. The van der Waals surface area contributed by atoms with Gasteiger partial charge in [0.1, 0.15) is 28.9 Å². The highest BCUT2D eigenvalue weighted by Crippen LogP contribution is 2.57. The Labute approximate surface area is 184 Å². The van der Waals surface area contributed by atoms with Crippen LogP contribution >= 0.6 is 0 Å². The lowest BCUT2D eigenvalue weighted by atomic mass is 9.92. The zero-order chi connectivity index (χ0) is 22.5. The number of nitrogens with zero attached hydrogens (tertiary/aromatic N) is 2. The van der Waals surface area contributed by atoms with E-state index in [1.165, 1.54) is 18.2 Å². The molecule has 1 amide bonds. The van der Waals surface area contributed by atoms with Crippen molar-refractivity contribution in [3.63, 3.8) is 0 Å². The van der Waals surface area contributed by atoms with Crippen molar-refractivity contribution in [3.8, 4) is 11.3 Å². The maximum absolute atomic E-state index is 14.2. The average Bonchev–Trinajstić information content (AvgIpc) is 3.31. The molecule has 7 nitrogen and oxygen atoms in total. The molecule has 1 aliphatic heterocycles. The van der Waals surface area contributed by atoms with E-state index in [2.05, 4.69) is 15.5 Å². The zero-order valence-electron chi connectivity index (χ0n) is 17.7. The first kappa shape index (κ1) is 21.4. The average molecular weight is 445 g/mol. The maximum Gasteiger partial charge on any atom is 0.249 e. The molecule has 0 spiro atoms. The van der Waals surface area contributed by atoms with E-state index >= 15 is 0 Å². The Morgan fingerprint density at radius 3 is 2.75 bits per heavy atom. The largest absolute Gasteiger partial charge is 0.383 e. The van der Waals surface area contributed by atoms with E-state index in [0.717, 1.165) is 12.0 Å². The Morgan fingerprint density at radius 2 is 2.09 bits per heavy atom. The van der Waals surface area contributed by atoms with Crippen LogP contribution in [0.15, 0.2) is 24.3 Å². The van der Waals surface area contributed by atoms with Gasteiger partial charge in [0.15, 0.2) is 0 Å². The number of benzene rings is 1. The SMILES string of the molecule is CC[C@@H](O[C@]12CC[C@H](C1)c1cc(-c3c(F)cccc3F)nnc12)C(=O)NCC1(O)COC1. The molecular weight excluding hydrogens is 420 g/mol. The van der Waals surface area contributed by atoms with Gasteiger partial charge in [0.2, 0.25) is 5.91 Å². The number of amides is 1. The molecule has 0 unspecified atom stereocenters. The predicted molar refractivity (Wildman–Crippen MR) is 110 cm³/mol. The number of carbonyl (C=O) groups excluding carboxylic acids is 1. The topological polar surface area (TPSA) is 93.6 Å². The molecule has 170 valence electrons. The minimum Gasteiger partial charge on any atom is -0.383 e. The quantitative estimate of drug-likeness (QED) is 0.681. The van der Waals surface area contributed by atoms with Crippen molar-refractivity contribution in [2.24, 2.45) is 0 Å². The Balaban J connectivity index is 1.38. The minimum absolute atomic E-state index is 0.106. The van der Waals surface area contributed by atoms with E-state index < -0.39 is 28.9 Å². The van der Waals surface area contributed by atoms with Crippen LogP contribution in [0, 0.1) is 11.6 Å². The van der Waals surface area contributed by atoms with Crippen molar-refractivity contribution >= 4 is 5.91 Å². The fourth-order valence-corrected chi connectivity index (χ4v) is 4.99. The summed E-state index contributed by atoms with van der Waals surface area (Å²) in [7, 11) is 0. The Morgan fingerprint density at radius 1 is 1.34 bits per heavy atom. The molecule has 1 aromatic carbocycles. The molecule has 3 atom stereocenters. The number of hydrogen-bond acceptors (Lipinski definition) is 6. The van der Waals surface area contributed by atoms with E-state index in [1.54, 1.807) is 6.07 Å². The number of nitrogens with one attached hydrogen (secondary N) is 1. The lowest BCUT2D eigenvalue weighted by molar-refractivity contribution is -0.179. The highest BCUT2D eigenvalue weighted by Gasteiger charge is 2.53. The van der Waals surface area contributed by atoms with Gasteiger partial charge < -0.3 is 19.9 Å². The molecule has 0 radical (unpaired) electrons.